The molecule has 2 aliphatic rings. The number of amides is 2. The van der Waals surface area contributed by atoms with Gasteiger partial charge in [-0.1, -0.05) is 18.2 Å². The standard InChI is InChI=1S/C23H33FN4O3/c1-22(2)12-19(29)28(21(25)27-22)13-14-10-16(14)20(30)26-18(11-23(3,4)31-5)15-8-6-7-9-17(15)24/h6-9,14,16,18H,10-13H2,1-5H3,(H2,25,27)(H,26,30)/t14-,16?,18+/m1/s1. The molecular formula is C23H33FN4O3. The zero-order valence-electron chi connectivity index (χ0n) is 18.9. The topological polar surface area (TPSA) is 97.0 Å². The van der Waals surface area contributed by atoms with Crippen LogP contribution in [0.2, 0.25) is 0 Å². The molecular weight excluding hydrogens is 399 g/mol. The van der Waals surface area contributed by atoms with Gasteiger partial charge < -0.3 is 15.8 Å². The summed E-state index contributed by atoms with van der Waals surface area (Å²) >= 11 is 0. The third-order valence-corrected chi connectivity index (χ3v) is 6.10. The number of guanidine groups is 1. The molecule has 1 aromatic rings. The summed E-state index contributed by atoms with van der Waals surface area (Å²) in [6.45, 7) is 7.91. The Labute approximate surface area is 183 Å². The number of hydrogen-bond acceptors (Lipinski definition) is 5. The normalized spacial score (nSPS) is 23.9. The van der Waals surface area contributed by atoms with E-state index in [0.717, 1.165) is 0 Å². The maximum atomic E-state index is 14.5. The summed E-state index contributed by atoms with van der Waals surface area (Å²) in [5, 5.41) is 3.01. The van der Waals surface area contributed by atoms with Crippen molar-refractivity contribution in [2.75, 3.05) is 13.7 Å². The molecule has 3 rings (SSSR count). The van der Waals surface area contributed by atoms with Crippen molar-refractivity contribution in [2.24, 2.45) is 22.6 Å². The zero-order chi connectivity index (χ0) is 23.0. The molecule has 31 heavy (non-hydrogen) atoms. The summed E-state index contributed by atoms with van der Waals surface area (Å²) in [6.07, 6.45) is 1.37. The zero-order valence-corrected chi connectivity index (χ0v) is 18.9. The second kappa shape index (κ2) is 8.57. The van der Waals surface area contributed by atoms with E-state index in [2.05, 4.69) is 10.3 Å². The van der Waals surface area contributed by atoms with Crippen molar-refractivity contribution in [1.82, 2.24) is 10.2 Å². The van der Waals surface area contributed by atoms with Crippen LogP contribution >= 0.6 is 0 Å². The summed E-state index contributed by atoms with van der Waals surface area (Å²) in [5.41, 5.74) is 5.39. The molecule has 0 radical (unpaired) electrons. The van der Waals surface area contributed by atoms with Crippen LogP contribution in [0, 0.1) is 17.7 Å². The van der Waals surface area contributed by atoms with Gasteiger partial charge in [-0.15, -0.1) is 0 Å². The molecule has 3 atom stereocenters. The number of rotatable bonds is 8. The van der Waals surface area contributed by atoms with Crippen LogP contribution in [-0.2, 0) is 14.3 Å². The lowest BCUT2D eigenvalue weighted by molar-refractivity contribution is -0.130. The van der Waals surface area contributed by atoms with Crippen LogP contribution in [0.15, 0.2) is 29.3 Å². The van der Waals surface area contributed by atoms with Crippen molar-refractivity contribution in [1.29, 1.82) is 0 Å². The lowest BCUT2D eigenvalue weighted by Crippen LogP contribution is -2.50. The molecule has 1 aliphatic carbocycles. The van der Waals surface area contributed by atoms with E-state index in [1.54, 1.807) is 25.3 Å². The van der Waals surface area contributed by atoms with Crippen LogP contribution in [0.1, 0.15) is 58.6 Å². The first-order valence-electron chi connectivity index (χ1n) is 10.7. The summed E-state index contributed by atoms with van der Waals surface area (Å²) in [5.74, 6) is -0.609. The molecule has 1 fully saturated rings. The minimum Gasteiger partial charge on any atom is -0.379 e. The molecule has 2 amide bonds. The van der Waals surface area contributed by atoms with Gasteiger partial charge in [0.2, 0.25) is 11.8 Å². The van der Waals surface area contributed by atoms with Crippen LogP contribution in [0.5, 0.6) is 0 Å². The second-order valence-corrected chi connectivity index (χ2v) is 9.82. The molecule has 7 nitrogen and oxygen atoms in total. The van der Waals surface area contributed by atoms with Crippen molar-refractivity contribution in [2.45, 2.75) is 64.1 Å². The smallest absolute Gasteiger partial charge is 0.231 e. The van der Waals surface area contributed by atoms with Gasteiger partial charge in [0.1, 0.15) is 5.82 Å². The molecule has 0 saturated heterocycles. The molecule has 0 spiro atoms. The highest BCUT2D eigenvalue weighted by atomic mass is 19.1. The number of carbonyl (C=O) groups excluding carboxylic acids is 2. The van der Waals surface area contributed by atoms with E-state index in [4.69, 9.17) is 10.5 Å². The van der Waals surface area contributed by atoms with E-state index in [9.17, 15) is 14.0 Å². The van der Waals surface area contributed by atoms with Crippen molar-refractivity contribution in [3.63, 3.8) is 0 Å². The summed E-state index contributed by atoms with van der Waals surface area (Å²) in [4.78, 5) is 31.3. The number of halogens is 1. The van der Waals surface area contributed by atoms with E-state index in [1.807, 2.05) is 27.7 Å². The van der Waals surface area contributed by atoms with Crippen LogP contribution in [-0.4, -0.2) is 47.5 Å². The van der Waals surface area contributed by atoms with Crippen LogP contribution in [0.4, 0.5) is 4.39 Å². The highest BCUT2D eigenvalue weighted by Gasteiger charge is 2.46. The van der Waals surface area contributed by atoms with E-state index < -0.39 is 17.2 Å². The van der Waals surface area contributed by atoms with E-state index in [1.165, 1.54) is 11.0 Å². The molecule has 1 unspecified atom stereocenters. The monoisotopic (exact) mass is 432 g/mol. The average Bonchev–Trinajstić information content (AvgIpc) is 3.43. The molecule has 0 bridgehead atoms. The number of benzene rings is 1. The summed E-state index contributed by atoms with van der Waals surface area (Å²) in [6, 6.07) is 5.93. The minimum absolute atomic E-state index is 0.00983. The van der Waals surface area contributed by atoms with Crippen LogP contribution in [0.3, 0.4) is 0 Å². The number of hydrogen-bond donors (Lipinski definition) is 2. The van der Waals surface area contributed by atoms with Crippen molar-refractivity contribution < 1.29 is 18.7 Å². The van der Waals surface area contributed by atoms with Crippen molar-refractivity contribution >= 4 is 17.8 Å². The Morgan fingerprint density at radius 2 is 2.10 bits per heavy atom. The number of nitrogens with zero attached hydrogens (tertiary/aromatic N) is 2. The Kier molecular flexibility index (Phi) is 6.41. The molecule has 3 N–H and O–H groups in total. The SMILES string of the molecule is COC(C)(C)C[C@H](NC(=O)C1C[C@@H]1CN1C(=O)CC(C)(C)N=C1N)c1ccccc1F. The lowest BCUT2D eigenvalue weighted by atomic mass is 9.93. The van der Waals surface area contributed by atoms with E-state index in [0.29, 0.717) is 31.4 Å². The first kappa shape index (κ1) is 23.2. The predicted molar refractivity (Wildman–Crippen MR) is 117 cm³/mol. The fourth-order valence-corrected chi connectivity index (χ4v) is 4.05. The quantitative estimate of drug-likeness (QED) is 0.660. The van der Waals surface area contributed by atoms with Gasteiger partial charge in [-0.3, -0.25) is 14.5 Å². The Morgan fingerprint density at radius 3 is 2.71 bits per heavy atom. The molecule has 0 aromatic heterocycles. The van der Waals surface area contributed by atoms with Crippen LogP contribution in [0.25, 0.3) is 0 Å². The molecule has 170 valence electrons. The Hall–Kier alpha value is -2.48. The van der Waals surface area contributed by atoms with Gasteiger partial charge >= 0.3 is 0 Å². The molecule has 1 heterocycles. The average molecular weight is 433 g/mol. The van der Waals surface area contributed by atoms with Gasteiger partial charge in [-0.25, -0.2) is 9.38 Å². The predicted octanol–water partition coefficient (Wildman–Crippen LogP) is 2.76. The number of nitrogens with one attached hydrogen (secondary N) is 1. The largest absolute Gasteiger partial charge is 0.379 e. The van der Waals surface area contributed by atoms with Gasteiger partial charge in [0.15, 0.2) is 5.96 Å². The fraction of sp³-hybridized carbons (Fsp3) is 0.609. The molecule has 1 saturated carbocycles. The summed E-state index contributed by atoms with van der Waals surface area (Å²) < 4.78 is 20.0. The van der Waals surface area contributed by atoms with Gasteiger partial charge in [-0.05, 0) is 46.1 Å². The maximum Gasteiger partial charge on any atom is 0.231 e. The maximum absolute atomic E-state index is 14.5. The van der Waals surface area contributed by atoms with Crippen molar-refractivity contribution in [3.05, 3.63) is 35.6 Å². The Bertz CT molecular complexity index is 883. The van der Waals surface area contributed by atoms with Gasteiger partial charge in [0, 0.05) is 31.6 Å². The molecule has 1 aliphatic heterocycles. The Balaban J connectivity index is 1.67. The van der Waals surface area contributed by atoms with E-state index >= 15 is 0 Å². The van der Waals surface area contributed by atoms with E-state index in [-0.39, 0.29) is 35.4 Å². The van der Waals surface area contributed by atoms with Gasteiger partial charge in [-0.2, -0.15) is 0 Å². The Morgan fingerprint density at radius 1 is 1.42 bits per heavy atom. The van der Waals surface area contributed by atoms with Crippen LogP contribution < -0.4 is 11.1 Å². The first-order valence-corrected chi connectivity index (χ1v) is 10.7. The third kappa shape index (κ3) is 5.61. The fourth-order valence-electron chi connectivity index (χ4n) is 4.05. The number of methoxy groups -OCH3 is 1. The number of nitrogens with two attached hydrogens (primary N) is 1. The van der Waals surface area contributed by atoms with Gasteiger partial charge in [0.25, 0.3) is 0 Å². The number of ether oxygens (including phenoxy) is 1. The van der Waals surface area contributed by atoms with Gasteiger partial charge in [0.05, 0.1) is 23.6 Å². The second-order valence-electron chi connectivity index (χ2n) is 9.82. The van der Waals surface area contributed by atoms with Crippen molar-refractivity contribution in [3.8, 4) is 0 Å². The molecule has 1 aromatic carbocycles. The number of carbonyl (C=O) groups is 2. The minimum atomic E-state index is -0.541. The first-order chi connectivity index (χ1) is 14.4. The number of aliphatic imine (C=N–C) groups is 1. The highest BCUT2D eigenvalue weighted by molar-refractivity contribution is 5.99. The summed E-state index contributed by atoms with van der Waals surface area (Å²) in [7, 11) is 1.60. The molecule has 8 heteroatoms. The third-order valence-electron chi connectivity index (χ3n) is 6.10. The lowest BCUT2D eigenvalue weighted by Gasteiger charge is -2.33. The highest BCUT2D eigenvalue weighted by Crippen LogP contribution is 2.41.